The van der Waals surface area contributed by atoms with Crippen LogP contribution in [0.5, 0.6) is 0 Å². The zero-order chi connectivity index (χ0) is 12.5. The highest BCUT2D eigenvalue weighted by Gasteiger charge is 2.20. The number of nitrogens with one attached hydrogen (secondary N) is 2. The van der Waals surface area contributed by atoms with Crippen LogP contribution in [0.4, 0.5) is 0 Å². The Labute approximate surface area is 128 Å². The Morgan fingerprint density at radius 1 is 1.32 bits per heavy atom. The van der Waals surface area contributed by atoms with Gasteiger partial charge in [-0.3, -0.25) is 4.79 Å². The summed E-state index contributed by atoms with van der Waals surface area (Å²) in [4.78, 5) is 13.6. The number of nitrogens with zero attached hydrogens (tertiary/aromatic N) is 1. The van der Waals surface area contributed by atoms with Gasteiger partial charge in [-0.2, -0.15) is 0 Å². The van der Waals surface area contributed by atoms with E-state index in [4.69, 9.17) is 4.74 Å². The van der Waals surface area contributed by atoms with Gasteiger partial charge in [0.25, 0.3) is 0 Å². The van der Waals surface area contributed by atoms with Crippen LogP contribution in [0.15, 0.2) is 0 Å². The maximum absolute atomic E-state index is 11.4. The van der Waals surface area contributed by atoms with Crippen molar-refractivity contribution in [3.63, 3.8) is 0 Å². The Morgan fingerprint density at radius 3 is 2.58 bits per heavy atom. The minimum Gasteiger partial charge on any atom is -0.383 e. The van der Waals surface area contributed by atoms with Gasteiger partial charge in [-0.25, -0.2) is 0 Å². The van der Waals surface area contributed by atoms with Gasteiger partial charge in [0.15, 0.2) is 0 Å². The van der Waals surface area contributed by atoms with Crippen molar-refractivity contribution >= 4 is 30.7 Å². The molecule has 19 heavy (non-hydrogen) atoms. The second-order valence-corrected chi connectivity index (χ2v) is 4.72. The fourth-order valence-electron chi connectivity index (χ4n) is 1.52. The topological polar surface area (TPSA) is 53.6 Å². The van der Waals surface area contributed by atoms with Crippen LogP contribution in [0, 0.1) is 5.92 Å². The van der Waals surface area contributed by atoms with Gasteiger partial charge in [0, 0.05) is 26.7 Å². The minimum absolute atomic E-state index is 0. The van der Waals surface area contributed by atoms with Gasteiger partial charge in [0.2, 0.25) is 5.91 Å². The number of likely N-dealkylation sites (N-methyl/N-ethyl adjacent to an activating group) is 1. The first kappa shape index (κ1) is 21.2. The van der Waals surface area contributed by atoms with Crippen molar-refractivity contribution in [1.29, 1.82) is 0 Å². The number of rotatable bonds is 10. The van der Waals surface area contributed by atoms with E-state index in [1.54, 1.807) is 7.11 Å². The fraction of sp³-hybridized carbons (Fsp3) is 0.917. The standard InChI is InChI=1S/C12H25N3O2.2ClH/c1-15(7-8-17-2)6-5-14-12(16)10-13-9-11-3-4-11;;/h11,13H,3-10H2,1-2H3,(H,14,16);2*1H. The molecule has 0 spiro atoms. The summed E-state index contributed by atoms with van der Waals surface area (Å²) in [6.07, 6.45) is 2.64. The van der Waals surface area contributed by atoms with Gasteiger partial charge in [0.1, 0.15) is 0 Å². The molecule has 0 atom stereocenters. The third kappa shape index (κ3) is 12.7. The number of methoxy groups -OCH3 is 1. The SMILES string of the molecule is COCCN(C)CCNC(=O)CNCC1CC1.Cl.Cl. The third-order valence-corrected chi connectivity index (χ3v) is 2.91. The lowest BCUT2D eigenvalue weighted by molar-refractivity contribution is -0.120. The van der Waals surface area contributed by atoms with Gasteiger partial charge in [-0.15, -0.1) is 24.8 Å². The van der Waals surface area contributed by atoms with Crippen molar-refractivity contribution in [2.45, 2.75) is 12.8 Å². The molecule has 0 aliphatic heterocycles. The Kier molecular flexibility index (Phi) is 14.5. The zero-order valence-electron chi connectivity index (χ0n) is 11.8. The number of hydrogen-bond donors (Lipinski definition) is 2. The first-order chi connectivity index (χ1) is 8.22. The van der Waals surface area contributed by atoms with E-state index in [1.807, 2.05) is 7.05 Å². The maximum Gasteiger partial charge on any atom is 0.234 e. The number of hydrogen-bond acceptors (Lipinski definition) is 4. The van der Waals surface area contributed by atoms with Gasteiger partial charge in [-0.1, -0.05) is 0 Å². The van der Waals surface area contributed by atoms with Crippen molar-refractivity contribution < 1.29 is 9.53 Å². The van der Waals surface area contributed by atoms with Crippen molar-refractivity contribution in [3.8, 4) is 0 Å². The summed E-state index contributed by atoms with van der Waals surface area (Å²) in [5.41, 5.74) is 0. The Hall–Kier alpha value is -0.0700. The van der Waals surface area contributed by atoms with Crippen LogP contribution in [-0.4, -0.2) is 64.3 Å². The molecule has 1 fully saturated rings. The number of carbonyl (C=O) groups excluding carboxylic acids is 1. The fourth-order valence-corrected chi connectivity index (χ4v) is 1.52. The lowest BCUT2D eigenvalue weighted by Gasteiger charge is -2.16. The Morgan fingerprint density at radius 2 is 2.00 bits per heavy atom. The molecule has 2 N–H and O–H groups in total. The van der Waals surface area contributed by atoms with Crippen molar-refractivity contribution in [2.24, 2.45) is 5.92 Å². The lowest BCUT2D eigenvalue weighted by atomic mass is 10.4. The highest BCUT2D eigenvalue weighted by molar-refractivity contribution is 5.85. The molecular weight excluding hydrogens is 289 g/mol. The predicted octanol–water partition coefficient (Wildman–Crippen LogP) is 0.524. The molecule has 1 aliphatic carbocycles. The van der Waals surface area contributed by atoms with E-state index >= 15 is 0 Å². The van der Waals surface area contributed by atoms with Gasteiger partial charge in [0.05, 0.1) is 13.2 Å². The highest BCUT2D eigenvalue weighted by Crippen LogP contribution is 2.27. The normalized spacial score (nSPS) is 13.6. The molecule has 116 valence electrons. The van der Waals surface area contributed by atoms with Crippen LogP contribution in [0.25, 0.3) is 0 Å². The minimum atomic E-state index is 0. The third-order valence-electron chi connectivity index (χ3n) is 2.91. The Bertz CT molecular complexity index is 229. The van der Waals surface area contributed by atoms with Gasteiger partial charge >= 0.3 is 0 Å². The van der Waals surface area contributed by atoms with Crippen LogP contribution in [-0.2, 0) is 9.53 Å². The summed E-state index contributed by atoms with van der Waals surface area (Å²) in [5, 5.41) is 6.07. The van der Waals surface area contributed by atoms with Gasteiger partial charge < -0.3 is 20.3 Å². The van der Waals surface area contributed by atoms with E-state index in [1.165, 1.54) is 12.8 Å². The zero-order valence-corrected chi connectivity index (χ0v) is 13.4. The molecule has 7 heteroatoms. The van der Waals surface area contributed by atoms with Crippen molar-refractivity contribution in [2.75, 3.05) is 53.5 Å². The van der Waals surface area contributed by atoms with E-state index in [2.05, 4.69) is 15.5 Å². The molecular formula is C12H27Cl2N3O2. The number of ether oxygens (including phenoxy) is 1. The molecule has 0 aromatic heterocycles. The van der Waals surface area contributed by atoms with Crippen LogP contribution in [0.3, 0.4) is 0 Å². The second kappa shape index (κ2) is 12.9. The first-order valence-corrected chi connectivity index (χ1v) is 6.37. The van der Waals surface area contributed by atoms with E-state index in [9.17, 15) is 4.79 Å². The van der Waals surface area contributed by atoms with Gasteiger partial charge in [-0.05, 0) is 32.4 Å². The van der Waals surface area contributed by atoms with Crippen LogP contribution in [0.1, 0.15) is 12.8 Å². The summed E-state index contributed by atoms with van der Waals surface area (Å²) in [6, 6.07) is 0. The summed E-state index contributed by atoms with van der Waals surface area (Å²) >= 11 is 0. The highest BCUT2D eigenvalue weighted by atomic mass is 35.5. The molecule has 0 aromatic carbocycles. The average molecular weight is 316 g/mol. The molecule has 0 radical (unpaired) electrons. The van der Waals surface area contributed by atoms with E-state index in [-0.39, 0.29) is 30.7 Å². The molecule has 1 aliphatic rings. The molecule has 1 rings (SSSR count). The molecule has 1 saturated carbocycles. The van der Waals surface area contributed by atoms with Crippen LogP contribution >= 0.6 is 24.8 Å². The summed E-state index contributed by atoms with van der Waals surface area (Å²) in [5.74, 6) is 0.911. The maximum atomic E-state index is 11.4. The summed E-state index contributed by atoms with van der Waals surface area (Å²) in [7, 11) is 3.72. The predicted molar refractivity (Wildman–Crippen MR) is 82.5 cm³/mol. The lowest BCUT2D eigenvalue weighted by Crippen LogP contribution is -2.39. The Balaban J connectivity index is 0. The quantitative estimate of drug-likeness (QED) is 0.617. The average Bonchev–Trinajstić information content (AvgIpc) is 3.10. The summed E-state index contributed by atoms with van der Waals surface area (Å²) < 4.78 is 4.98. The van der Waals surface area contributed by atoms with E-state index < -0.39 is 0 Å². The molecule has 0 bridgehead atoms. The van der Waals surface area contributed by atoms with Crippen molar-refractivity contribution in [1.82, 2.24) is 15.5 Å². The summed E-state index contributed by atoms with van der Waals surface area (Å²) in [6.45, 7) is 4.61. The van der Waals surface area contributed by atoms with Crippen molar-refractivity contribution in [3.05, 3.63) is 0 Å². The number of halogens is 2. The number of amides is 1. The first-order valence-electron chi connectivity index (χ1n) is 6.37. The largest absolute Gasteiger partial charge is 0.383 e. The van der Waals surface area contributed by atoms with Crippen LogP contribution < -0.4 is 10.6 Å². The van der Waals surface area contributed by atoms with E-state index in [0.717, 1.165) is 32.2 Å². The molecule has 0 aromatic rings. The molecule has 1 amide bonds. The smallest absolute Gasteiger partial charge is 0.234 e. The number of carbonyl (C=O) groups is 1. The molecule has 5 nitrogen and oxygen atoms in total. The monoisotopic (exact) mass is 315 g/mol. The molecule has 0 unspecified atom stereocenters. The molecule has 0 saturated heterocycles. The molecule has 0 heterocycles. The second-order valence-electron chi connectivity index (χ2n) is 4.72. The van der Waals surface area contributed by atoms with E-state index in [0.29, 0.717) is 13.1 Å². The van der Waals surface area contributed by atoms with Crippen LogP contribution in [0.2, 0.25) is 0 Å².